The highest BCUT2D eigenvalue weighted by Crippen LogP contribution is 2.38. The summed E-state index contributed by atoms with van der Waals surface area (Å²) in [5, 5.41) is 3.66. The van der Waals surface area contributed by atoms with Crippen molar-refractivity contribution in [3.63, 3.8) is 0 Å². The highest BCUT2D eigenvalue weighted by molar-refractivity contribution is 6.46. The zero-order chi connectivity index (χ0) is 22.8. The van der Waals surface area contributed by atoms with Crippen LogP contribution >= 0.6 is 11.6 Å². The minimum absolute atomic E-state index is 0.0957. The minimum atomic E-state index is -0.532. The van der Waals surface area contributed by atoms with Gasteiger partial charge in [0.15, 0.2) is 0 Å². The second-order valence-electron chi connectivity index (χ2n) is 7.19. The molecular formula is C25H20ClFN2O3. The van der Waals surface area contributed by atoms with Crippen molar-refractivity contribution >= 4 is 40.4 Å². The largest absolute Gasteiger partial charge is 0.492 e. The maximum Gasteiger partial charge on any atom is 0.282 e. The molecule has 0 aliphatic carbocycles. The molecule has 3 aromatic carbocycles. The molecule has 3 aromatic rings. The smallest absolute Gasteiger partial charge is 0.282 e. The molecule has 0 saturated heterocycles. The fourth-order valence-electron chi connectivity index (χ4n) is 3.57. The number of halogens is 2. The Labute approximate surface area is 190 Å². The Morgan fingerprint density at radius 3 is 2.41 bits per heavy atom. The first-order valence-electron chi connectivity index (χ1n) is 10.0. The zero-order valence-electron chi connectivity index (χ0n) is 17.5. The Bertz CT molecular complexity index is 1240. The summed E-state index contributed by atoms with van der Waals surface area (Å²) in [6.07, 6.45) is 0. The standard InChI is InChI=1S/C25H20ClFN2O3/c1-3-32-21-7-5-4-6-20(21)29-24(30)22(16-8-11-18(27)12-9-16)23(25(29)31)28-19-13-10-17(26)14-15(19)2/h4-14,28H,3H2,1-2H3. The van der Waals surface area contributed by atoms with Crippen LogP contribution in [0.25, 0.3) is 5.57 Å². The highest BCUT2D eigenvalue weighted by Gasteiger charge is 2.41. The van der Waals surface area contributed by atoms with Crippen LogP contribution in [0, 0.1) is 12.7 Å². The quantitative estimate of drug-likeness (QED) is 0.498. The first-order valence-corrected chi connectivity index (χ1v) is 10.4. The lowest BCUT2D eigenvalue weighted by atomic mass is 10.0. The first-order chi connectivity index (χ1) is 15.4. The number of carbonyl (C=O) groups excluding carboxylic acids is 2. The topological polar surface area (TPSA) is 58.6 Å². The number of hydrogen-bond donors (Lipinski definition) is 1. The van der Waals surface area contributed by atoms with Crippen LogP contribution in [0.4, 0.5) is 15.8 Å². The molecule has 0 atom stereocenters. The van der Waals surface area contributed by atoms with E-state index in [-0.39, 0.29) is 11.3 Å². The number of nitrogens with zero attached hydrogens (tertiary/aromatic N) is 1. The number of aryl methyl sites for hydroxylation is 1. The molecule has 0 unspecified atom stereocenters. The van der Waals surface area contributed by atoms with Crippen LogP contribution in [0.15, 0.2) is 72.4 Å². The van der Waals surface area contributed by atoms with E-state index in [1.54, 1.807) is 42.5 Å². The molecule has 162 valence electrons. The van der Waals surface area contributed by atoms with Gasteiger partial charge in [-0.25, -0.2) is 9.29 Å². The third kappa shape index (κ3) is 3.97. The fourth-order valence-corrected chi connectivity index (χ4v) is 3.80. The molecule has 0 aromatic heterocycles. The van der Waals surface area contributed by atoms with Gasteiger partial charge in [0.25, 0.3) is 11.8 Å². The molecule has 5 nitrogen and oxygen atoms in total. The van der Waals surface area contributed by atoms with E-state index < -0.39 is 17.6 Å². The second kappa shape index (κ2) is 8.85. The average molecular weight is 451 g/mol. The summed E-state index contributed by atoms with van der Waals surface area (Å²) < 4.78 is 19.2. The van der Waals surface area contributed by atoms with Crippen molar-refractivity contribution in [1.29, 1.82) is 0 Å². The molecule has 0 fully saturated rings. The number of anilines is 2. The van der Waals surface area contributed by atoms with Gasteiger partial charge in [0.2, 0.25) is 0 Å². The number of hydrogen-bond acceptors (Lipinski definition) is 4. The molecule has 0 bridgehead atoms. The van der Waals surface area contributed by atoms with Gasteiger partial charge in [-0.2, -0.15) is 0 Å². The van der Waals surface area contributed by atoms with Gasteiger partial charge in [0.05, 0.1) is 17.9 Å². The van der Waals surface area contributed by atoms with Crippen molar-refractivity contribution in [3.8, 4) is 5.75 Å². The van der Waals surface area contributed by atoms with E-state index in [1.165, 1.54) is 24.3 Å². The molecule has 1 heterocycles. The van der Waals surface area contributed by atoms with Crippen molar-refractivity contribution in [3.05, 3.63) is 94.4 Å². The molecular weight excluding hydrogens is 431 g/mol. The number of carbonyl (C=O) groups is 2. The number of benzene rings is 3. The van der Waals surface area contributed by atoms with E-state index in [9.17, 15) is 14.0 Å². The van der Waals surface area contributed by atoms with Crippen molar-refractivity contribution in [1.82, 2.24) is 0 Å². The van der Waals surface area contributed by atoms with Gasteiger partial charge in [-0.3, -0.25) is 9.59 Å². The summed E-state index contributed by atoms with van der Waals surface area (Å²) in [4.78, 5) is 28.2. The molecule has 32 heavy (non-hydrogen) atoms. The monoisotopic (exact) mass is 450 g/mol. The summed E-state index contributed by atoms with van der Waals surface area (Å²) in [6.45, 7) is 4.04. The molecule has 1 aliphatic heterocycles. The normalized spacial score (nSPS) is 13.7. The van der Waals surface area contributed by atoms with Crippen LogP contribution in [0.1, 0.15) is 18.1 Å². The number of rotatable bonds is 6. The second-order valence-corrected chi connectivity index (χ2v) is 7.62. The lowest BCUT2D eigenvalue weighted by Crippen LogP contribution is -2.32. The molecule has 2 amide bonds. The number of para-hydroxylation sites is 2. The molecule has 4 rings (SSSR count). The van der Waals surface area contributed by atoms with Crippen molar-refractivity contribution in [2.24, 2.45) is 0 Å². The Kier molecular flexibility index (Phi) is 5.97. The predicted molar refractivity (Wildman–Crippen MR) is 123 cm³/mol. The van der Waals surface area contributed by atoms with Gasteiger partial charge in [0.1, 0.15) is 17.3 Å². The third-order valence-electron chi connectivity index (χ3n) is 5.07. The molecule has 0 radical (unpaired) electrons. The van der Waals surface area contributed by atoms with Crippen molar-refractivity contribution in [2.75, 3.05) is 16.8 Å². The van der Waals surface area contributed by atoms with Crippen LogP contribution in [0.5, 0.6) is 5.75 Å². The summed E-state index contributed by atoms with van der Waals surface area (Å²) in [6, 6.07) is 17.5. The number of ether oxygens (including phenoxy) is 1. The summed E-state index contributed by atoms with van der Waals surface area (Å²) in [5.41, 5.74) is 2.44. The van der Waals surface area contributed by atoms with Crippen molar-refractivity contribution in [2.45, 2.75) is 13.8 Å². The van der Waals surface area contributed by atoms with E-state index in [2.05, 4.69) is 5.32 Å². The Morgan fingerprint density at radius 2 is 1.72 bits per heavy atom. The number of imide groups is 1. The van der Waals surface area contributed by atoms with Crippen LogP contribution in [-0.2, 0) is 9.59 Å². The van der Waals surface area contributed by atoms with Gasteiger partial charge >= 0.3 is 0 Å². The van der Waals surface area contributed by atoms with Gasteiger partial charge in [-0.1, -0.05) is 35.9 Å². The number of amides is 2. The lowest BCUT2D eigenvalue weighted by Gasteiger charge is -2.19. The summed E-state index contributed by atoms with van der Waals surface area (Å²) >= 11 is 6.06. The van der Waals surface area contributed by atoms with E-state index in [4.69, 9.17) is 16.3 Å². The predicted octanol–water partition coefficient (Wildman–Crippen LogP) is 5.58. The third-order valence-corrected chi connectivity index (χ3v) is 5.31. The average Bonchev–Trinajstić information content (AvgIpc) is 3.01. The van der Waals surface area contributed by atoms with E-state index in [1.807, 2.05) is 13.8 Å². The van der Waals surface area contributed by atoms with Crippen LogP contribution in [0.3, 0.4) is 0 Å². The first kappa shape index (κ1) is 21.6. The molecule has 1 N–H and O–H groups in total. The SMILES string of the molecule is CCOc1ccccc1N1C(=O)C(Nc2ccc(Cl)cc2C)=C(c2ccc(F)cc2)C1=O. The maximum atomic E-state index is 13.5. The molecule has 0 saturated carbocycles. The van der Waals surface area contributed by atoms with Gasteiger partial charge in [-0.05, 0) is 67.4 Å². The summed E-state index contributed by atoms with van der Waals surface area (Å²) in [5.74, 6) is -1.08. The highest BCUT2D eigenvalue weighted by atomic mass is 35.5. The lowest BCUT2D eigenvalue weighted by molar-refractivity contribution is -0.120. The fraction of sp³-hybridized carbons (Fsp3) is 0.120. The van der Waals surface area contributed by atoms with Crippen LogP contribution < -0.4 is 15.0 Å². The Hall–Kier alpha value is -3.64. The maximum absolute atomic E-state index is 13.5. The van der Waals surface area contributed by atoms with Crippen LogP contribution in [0.2, 0.25) is 5.02 Å². The van der Waals surface area contributed by atoms with Crippen LogP contribution in [-0.4, -0.2) is 18.4 Å². The molecule has 7 heteroatoms. The van der Waals surface area contributed by atoms with E-state index in [0.29, 0.717) is 34.3 Å². The summed E-state index contributed by atoms with van der Waals surface area (Å²) in [7, 11) is 0. The Morgan fingerprint density at radius 1 is 1.00 bits per heavy atom. The van der Waals surface area contributed by atoms with E-state index >= 15 is 0 Å². The Balaban J connectivity index is 1.84. The van der Waals surface area contributed by atoms with E-state index in [0.717, 1.165) is 10.5 Å². The molecule has 0 spiro atoms. The number of nitrogens with one attached hydrogen (secondary N) is 1. The zero-order valence-corrected chi connectivity index (χ0v) is 18.2. The minimum Gasteiger partial charge on any atom is -0.492 e. The van der Waals surface area contributed by atoms with Crippen molar-refractivity contribution < 1.29 is 18.7 Å². The van der Waals surface area contributed by atoms with Gasteiger partial charge < -0.3 is 10.1 Å². The van der Waals surface area contributed by atoms with Gasteiger partial charge in [0, 0.05) is 10.7 Å². The molecule has 1 aliphatic rings. The van der Waals surface area contributed by atoms with Gasteiger partial charge in [-0.15, -0.1) is 0 Å².